The molecule has 2 atom stereocenters. The van der Waals surface area contributed by atoms with Crippen molar-refractivity contribution in [3.8, 4) is 22.3 Å². The molecular weight excluding hydrogens is 619 g/mol. The first kappa shape index (κ1) is 30.3. The smallest absolute Gasteiger partial charge is 1.00 e. The molecule has 4 aromatic rings. The molecule has 1 fully saturated rings. The monoisotopic (exact) mass is 654 g/mol. The van der Waals surface area contributed by atoms with Gasteiger partial charge in [-0.2, -0.15) is 0 Å². The van der Waals surface area contributed by atoms with E-state index in [2.05, 4.69) is 137 Å². The molecule has 41 heavy (non-hydrogen) atoms. The number of hydrogen-bond acceptors (Lipinski definition) is 0. The van der Waals surface area contributed by atoms with E-state index < -0.39 is 20.3 Å². The van der Waals surface area contributed by atoms with Gasteiger partial charge in [-0.15, -0.1) is 0 Å². The molecule has 208 valence electrons. The van der Waals surface area contributed by atoms with Crippen LogP contribution in [-0.4, -0.2) is 0 Å². The molecule has 0 N–H and O–H groups in total. The van der Waals surface area contributed by atoms with E-state index in [1.54, 1.807) is 11.1 Å². The average Bonchev–Trinajstić information content (AvgIpc) is 3.50. The van der Waals surface area contributed by atoms with Gasteiger partial charge in [0.05, 0.1) is 0 Å². The third-order valence-corrected chi connectivity index (χ3v) is 20.9. The van der Waals surface area contributed by atoms with Crippen LogP contribution in [0.15, 0.2) is 104 Å². The van der Waals surface area contributed by atoms with Crippen molar-refractivity contribution in [1.29, 1.82) is 0 Å². The van der Waals surface area contributed by atoms with Crippen molar-refractivity contribution < 1.29 is 45.1 Å². The second-order valence-electron chi connectivity index (χ2n) is 12.6. The number of rotatable bonds is 6. The molecule has 0 aromatic heterocycles. The first-order valence-corrected chi connectivity index (χ1v) is 20.7. The molecule has 0 bridgehead atoms. The molecule has 4 aromatic carbocycles. The Kier molecular flexibility index (Phi) is 8.74. The predicted molar refractivity (Wildman–Crippen MR) is 164 cm³/mol. The van der Waals surface area contributed by atoms with Gasteiger partial charge in [-0.25, -0.2) is 0 Å². The molecular formula is C38H38Cl2Zr. The normalized spacial score (nSPS) is 18.8. The van der Waals surface area contributed by atoms with E-state index in [1.165, 1.54) is 41.6 Å². The fourth-order valence-corrected chi connectivity index (χ4v) is 23.1. The molecule has 0 radical (unpaired) electrons. The molecule has 7 rings (SSSR count). The summed E-state index contributed by atoms with van der Waals surface area (Å²) in [5.74, 6) is 2.35. The molecule has 0 nitrogen and oxygen atoms in total. The number of halogens is 2. The van der Waals surface area contributed by atoms with Crippen LogP contribution < -0.4 is 24.8 Å². The summed E-state index contributed by atoms with van der Waals surface area (Å²) < 4.78 is 6.71. The number of benzene rings is 4. The van der Waals surface area contributed by atoms with E-state index >= 15 is 0 Å². The van der Waals surface area contributed by atoms with E-state index in [0.717, 1.165) is 0 Å². The van der Waals surface area contributed by atoms with Crippen molar-refractivity contribution >= 4 is 12.2 Å². The predicted octanol–water partition coefficient (Wildman–Crippen LogP) is 4.92. The Balaban J connectivity index is 0.00000169. The topological polar surface area (TPSA) is 0 Å². The summed E-state index contributed by atoms with van der Waals surface area (Å²) in [7, 11) is 0. The molecule has 1 heterocycles. The van der Waals surface area contributed by atoms with Gasteiger partial charge in [0.2, 0.25) is 0 Å². The zero-order chi connectivity index (χ0) is 26.7. The van der Waals surface area contributed by atoms with Crippen LogP contribution in [0, 0.1) is 11.8 Å². The Bertz CT molecular complexity index is 1490. The Morgan fingerprint density at radius 2 is 0.902 bits per heavy atom. The summed E-state index contributed by atoms with van der Waals surface area (Å²) in [5.41, 5.74) is 11.7. The van der Waals surface area contributed by atoms with Crippen molar-refractivity contribution in [2.75, 3.05) is 0 Å². The van der Waals surface area contributed by atoms with Crippen LogP contribution in [0.1, 0.15) is 61.8 Å². The molecule has 2 aliphatic carbocycles. The van der Waals surface area contributed by atoms with Gasteiger partial charge in [0, 0.05) is 0 Å². The first-order chi connectivity index (χ1) is 19.0. The summed E-state index contributed by atoms with van der Waals surface area (Å²) >= 11 is -2.75. The van der Waals surface area contributed by atoms with Crippen molar-refractivity contribution in [2.45, 2.75) is 47.8 Å². The average molecular weight is 657 g/mol. The summed E-state index contributed by atoms with van der Waals surface area (Å²) in [6.45, 7) is 9.82. The van der Waals surface area contributed by atoms with Gasteiger partial charge in [-0.05, 0) is 0 Å². The minimum atomic E-state index is -2.75. The molecule has 3 aliphatic rings. The molecule has 1 aliphatic heterocycles. The summed E-state index contributed by atoms with van der Waals surface area (Å²) in [4.78, 5) is 0. The Morgan fingerprint density at radius 1 is 0.512 bits per heavy atom. The Labute approximate surface area is 263 Å². The maximum atomic E-state index is 2.71. The Hall–Kier alpha value is -2.18. The minimum Gasteiger partial charge on any atom is -1.00 e. The quantitative estimate of drug-likeness (QED) is 0.277. The van der Waals surface area contributed by atoms with Gasteiger partial charge in [-0.3, -0.25) is 0 Å². The summed E-state index contributed by atoms with van der Waals surface area (Å²) in [6, 6.07) is 36.2. The van der Waals surface area contributed by atoms with Crippen molar-refractivity contribution in [1.82, 2.24) is 0 Å². The van der Waals surface area contributed by atoms with Crippen LogP contribution in [0.4, 0.5) is 0 Å². The zero-order valence-corrected chi connectivity index (χ0v) is 28.3. The summed E-state index contributed by atoms with van der Waals surface area (Å²) in [6.07, 6.45) is 5.43. The van der Waals surface area contributed by atoms with Gasteiger partial charge in [-0.1, -0.05) is 0 Å². The van der Waals surface area contributed by atoms with Crippen LogP contribution >= 0.6 is 0 Å². The van der Waals surface area contributed by atoms with Crippen LogP contribution in [-0.2, 0) is 20.3 Å². The van der Waals surface area contributed by atoms with E-state index in [1.807, 2.05) is 6.56 Å². The number of hydrogen-bond donors (Lipinski definition) is 0. The SMILES string of the molecule is CC(C)[C@@H]1[C]([Zr+2]2([C]3=Cc4c(-c5ccccc5)cccc4[C@H]3C(C)C)[CH2][CH2]2)=Cc2c(-c3ccccc3)cccc21.[Cl-].[Cl-]. The standard InChI is InChI=1S/2C18H17.C2H4.2ClH.Zr/c2*1-13(2)15-11-12-18-16(9-6-10-17(15)18)14-7-4-3-5-8-14;1-2;;;/h2*3-10,12-13,15H,1-2H3;1-2H2;2*1H;/q;;;;;+2/p-2/t2*15-;;;;/m10..../s1. The van der Waals surface area contributed by atoms with Crippen molar-refractivity contribution in [3.63, 3.8) is 0 Å². The Morgan fingerprint density at radius 3 is 1.24 bits per heavy atom. The largest absolute Gasteiger partial charge is 1.00 e. The van der Waals surface area contributed by atoms with E-state index in [-0.39, 0.29) is 24.8 Å². The molecule has 3 heteroatoms. The van der Waals surface area contributed by atoms with E-state index in [4.69, 9.17) is 0 Å². The van der Waals surface area contributed by atoms with Crippen molar-refractivity contribution in [2.24, 2.45) is 11.8 Å². The third-order valence-electron chi connectivity index (χ3n) is 9.58. The second kappa shape index (κ2) is 11.8. The maximum absolute atomic E-state index is 2.75. The van der Waals surface area contributed by atoms with Gasteiger partial charge in [0.25, 0.3) is 0 Å². The maximum Gasteiger partial charge on any atom is -1.00 e. The van der Waals surface area contributed by atoms with Gasteiger partial charge in [0.15, 0.2) is 0 Å². The third kappa shape index (κ3) is 4.97. The molecule has 0 unspecified atom stereocenters. The molecule has 0 spiro atoms. The fourth-order valence-electron chi connectivity index (χ4n) is 7.77. The molecule has 0 amide bonds. The van der Waals surface area contributed by atoms with Crippen LogP contribution in [0.3, 0.4) is 0 Å². The van der Waals surface area contributed by atoms with Gasteiger partial charge < -0.3 is 24.8 Å². The van der Waals surface area contributed by atoms with Gasteiger partial charge in [0.1, 0.15) is 0 Å². The summed E-state index contributed by atoms with van der Waals surface area (Å²) in [5, 5.41) is 0. The van der Waals surface area contributed by atoms with E-state index in [0.29, 0.717) is 23.7 Å². The van der Waals surface area contributed by atoms with Gasteiger partial charge >= 0.3 is 240 Å². The van der Waals surface area contributed by atoms with Crippen LogP contribution in [0.25, 0.3) is 34.4 Å². The zero-order valence-electron chi connectivity index (χ0n) is 24.4. The number of fused-ring (bicyclic) bond motifs is 2. The van der Waals surface area contributed by atoms with Crippen LogP contribution in [0.5, 0.6) is 0 Å². The minimum absolute atomic E-state index is 0. The van der Waals surface area contributed by atoms with E-state index in [9.17, 15) is 0 Å². The first-order valence-electron chi connectivity index (χ1n) is 14.8. The van der Waals surface area contributed by atoms with Crippen molar-refractivity contribution in [3.05, 3.63) is 126 Å². The molecule has 1 saturated heterocycles. The van der Waals surface area contributed by atoms with Crippen LogP contribution in [0.2, 0.25) is 8.26 Å². The second-order valence-corrected chi connectivity index (χ2v) is 23.2. The fraction of sp³-hybridized carbons (Fsp3) is 0.263. The molecule has 0 saturated carbocycles. The number of allylic oxidation sites excluding steroid dienone is 2.